The Morgan fingerprint density at radius 1 is 1.09 bits per heavy atom. The first-order chi connectivity index (χ1) is 10.7. The van der Waals surface area contributed by atoms with Crippen LogP contribution in [0.25, 0.3) is 16.7 Å². The topological polar surface area (TPSA) is 63.0 Å². The highest BCUT2D eigenvalue weighted by Crippen LogP contribution is 2.19. The molecule has 0 aliphatic carbocycles. The van der Waals surface area contributed by atoms with Crippen molar-refractivity contribution in [1.82, 2.24) is 15.0 Å². The fourth-order valence-electron chi connectivity index (χ4n) is 2.16. The molecule has 0 bridgehead atoms. The van der Waals surface area contributed by atoms with E-state index in [1.807, 2.05) is 54.6 Å². The number of benzene rings is 2. The third-order valence-corrected chi connectivity index (χ3v) is 3.45. The van der Waals surface area contributed by atoms with Crippen molar-refractivity contribution < 1.29 is 5.11 Å². The van der Waals surface area contributed by atoms with E-state index in [2.05, 4.69) is 15.6 Å². The molecule has 0 atom stereocenters. The van der Waals surface area contributed by atoms with Gasteiger partial charge in [0.2, 0.25) is 0 Å². The fraction of sp³-hybridized carbons (Fsp3) is 0.0625. The summed E-state index contributed by atoms with van der Waals surface area (Å²) in [6.07, 6.45) is 0. The number of anilines is 1. The standard InChI is InChI=1S/C16H14N4OS/c1-11(21)15(16(22)17-12-7-3-2-4-8-12)20-14-10-6-5-9-13(14)18-19-20/h2-10,21H,1H3,(H,17,22)/b15-11-. The smallest absolute Gasteiger partial charge is 0.139 e. The number of fused-ring (bicyclic) bond motifs is 1. The van der Waals surface area contributed by atoms with Gasteiger partial charge in [0, 0.05) is 5.69 Å². The molecule has 0 unspecified atom stereocenters. The molecule has 3 rings (SSSR count). The summed E-state index contributed by atoms with van der Waals surface area (Å²) < 4.78 is 1.54. The lowest BCUT2D eigenvalue weighted by atomic mass is 10.2. The van der Waals surface area contributed by atoms with Crippen molar-refractivity contribution >= 4 is 39.6 Å². The van der Waals surface area contributed by atoms with Crippen LogP contribution in [0.4, 0.5) is 5.69 Å². The van der Waals surface area contributed by atoms with Crippen molar-refractivity contribution in [2.45, 2.75) is 6.92 Å². The Balaban J connectivity index is 2.01. The number of thiocarbonyl (C=S) groups is 1. The summed E-state index contributed by atoms with van der Waals surface area (Å²) in [6.45, 7) is 1.57. The van der Waals surface area contributed by atoms with Crippen LogP contribution in [0.3, 0.4) is 0 Å². The molecule has 0 aliphatic rings. The Bertz CT molecular complexity index is 851. The predicted molar refractivity (Wildman–Crippen MR) is 91.7 cm³/mol. The summed E-state index contributed by atoms with van der Waals surface area (Å²) >= 11 is 5.43. The highest BCUT2D eigenvalue weighted by Gasteiger charge is 2.16. The number of nitrogens with zero attached hydrogens (tertiary/aromatic N) is 3. The van der Waals surface area contributed by atoms with E-state index in [9.17, 15) is 5.11 Å². The third kappa shape index (κ3) is 2.68. The molecule has 110 valence electrons. The second-order valence-corrected chi connectivity index (χ2v) is 5.15. The maximum absolute atomic E-state index is 10.1. The number of aliphatic hydroxyl groups is 1. The summed E-state index contributed by atoms with van der Waals surface area (Å²) in [5.41, 5.74) is 2.77. The number of aromatic nitrogens is 3. The average Bonchev–Trinajstić information content (AvgIpc) is 2.92. The van der Waals surface area contributed by atoms with Gasteiger partial charge in [-0.2, -0.15) is 0 Å². The highest BCUT2D eigenvalue weighted by molar-refractivity contribution is 7.81. The van der Waals surface area contributed by atoms with Gasteiger partial charge in [-0.15, -0.1) is 5.10 Å². The van der Waals surface area contributed by atoms with Crippen molar-refractivity contribution in [2.24, 2.45) is 0 Å². The van der Waals surface area contributed by atoms with E-state index in [1.165, 1.54) is 0 Å². The number of nitrogens with one attached hydrogen (secondary N) is 1. The summed E-state index contributed by atoms with van der Waals surface area (Å²) in [5.74, 6) is 0.0732. The van der Waals surface area contributed by atoms with Gasteiger partial charge in [-0.1, -0.05) is 47.8 Å². The van der Waals surface area contributed by atoms with Gasteiger partial charge in [0.1, 0.15) is 22.0 Å². The van der Waals surface area contributed by atoms with E-state index >= 15 is 0 Å². The first-order valence-corrected chi connectivity index (χ1v) is 7.14. The summed E-state index contributed by atoms with van der Waals surface area (Å²) in [6, 6.07) is 17.0. The van der Waals surface area contributed by atoms with Crippen LogP contribution in [0.15, 0.2) is 60.4 Å². The van der Waals surface area contributed by atoms with Crippen LogP contribution >= 0.6 is 12.2 Å². The summed E-state index contributed by atoms with van der Waals surface area (Å²) in [7, 11) is 0. The van der Waals surface area contributed by atoms with Gasteiger partial charge in [0.05, 0.1) is 5.52 Å². The first kappa shape index (κ1) is 14.2. The molecule has 1 heterocycles. The molecular formula is C16H14N4OS. The van der Waals surface area contributed by atoms with Gasteiger partial charge in [-0.25, -0.2) is 4.68 Å². The quantitative estimate of drug-likeness (QED) is 0.439. The average molecular weight is 310 g/mol. The number of aliphatic hydroxyl groups excluding tert-OH is 1. The van der Waals surface area contributed by atoms with Crippen molar-refractivity contribution in [3.63, 3.8) is 0 Å². The van der Waals surface area contributed by atoms with Gasteiger partial charge in [0.25, 0.3) is 0 Å². The zero-order valence-electron chi connectivity index (χ0n) is 11.9. The lowest BCUT2D eigenvalue weighted by Crippen LogP contribution is -2.18. The van der Waals surface area contributed by atoms with Crippen LogP contribution in [0.1, 0.15) is 6.92 Å². The van der Waals surface area contributed by atoms with Crippen LogP contribution in [0, 0.1) is 0 Å². The molecule has 1 aromatic heterocycles. The number of rotatable bonds is 3. The zero-order chi connectivity index (χ0) is 15.5. The number of para-hydroxylation sites is 2. The molecule has 2 N–H and O–H groups in total. The van der Waals surface area contributed by atoms with Crippen LogP contribution < -0.4 is 5.32 Å². The highest BCUT2D eigenvalue weighted by atomic mass is 32.1. The van der Waals surface area contributed by atoms with E-state index in [1.54, 1.807) is 11.6 Å². The van der Waals surface area contributed by atoms with E-state index in [0.29, 0.717) is 10.7 Å². The zero-order valence-corrected chi connectivity index (χ0v) is 12.7. The van der Waals surface area contributed by atoms with Crippen molar-refractivity contribution in [3.8, 4) is 0 Å². The van der Waals surface area contributed by atoms with Crippen molar-refractivity contribution in [3.05, 3.63) is 60.4 Å². The molecule has 3 aromatic rings. The van der Waals surface area contributed by atoms with Gasteiger partial charge >= 0.3 is 0 Å². The van der Waals surface area contributed by atoms with E-state index < -0.39 is 0 Å². The molecule has 5 nitrogen and oxygen atoms in total. The molecule has 0 spiro atoms. The fourth-order valence-corrected chi connectivity index (χ4v) is 2.51. The molecule has 0 aliphatic heterocycles. The Kier molecular flexibility index (Phi) is 3.84. The van der Waals surface area contributed by atoms with E-state index in [4.69, 9.17) is 12.2 Å². The third-order valence-electron chi connectivity index (χ3n) is 3.15. The van der Waals surface area contributed by atoms with Crippen LogP contribution in [0.2, 0.25) is 0 Å². The van der Waals surface area contributed by atoms with Gasteiger partial charge in [-0.3, -0.25) is 0 Å². The number of hydrogen-bond donors (Lipinski definition) is 2. The molecule has 2 aromatic carbocycles. The second-order valence-electron chi connectivity index (χ2n) is 4.74. The molecule has 0 saturated carbocycles. The van der Waals surface area contributed by atoms with Gasteiger partial charge < -0.3 is 10.4 Å². The van der Waals surface area contributed by atoms with Crippen molar-refractivity contribution in [1.29, 1.82) is 0 Å². The van der Waals surface area contributed by atoms with E-state index in [0.717, 1.165) is 16.7 Å². The minimum absolute atomic E-state index is 0.0732. The van der Waals surface area contributed by atoms with Crippen molar-refractivity contribution in [2.75, 3.05) is 5.32 Å². The predicted octanol–water partition coefficient (Wildman–Crippen LogP) is 3.62. The molecule has 0 amide bonds. The summed E-state index contributed by atoms with van der Waals surface area (Å²) in [5, 5.41) is 21.3. The molecule has 0 saturated heterocycles. The monoisotopic (exact) mass is 310 g/mol. The normalized spacial score (nSPS) is 12.0. The Hall–Kier alpha value is -2.73. The van der Waals surface area contributed by atoms with Crippen LogP contribution in [-0.2, 0) is 0 Å². The SMILES string of the molecule is C/C(O)=C(\C(=S)Nc1ccccc1)n1nnc2ccccc21. The summed E-state index contributed by atoms with van der Waals surface area (Å²) in [4.78, 5) is 0.377. The van der Waals surface area contributed by atoms with Crippen LogP contribution in [0.5, 0.6) is 0 Å². The molecule has 6 heteroatoms. The Morgan fingerprint density at radius 2 is 1.77 bits per heavy atom. The minimum atomic E-state index is 0.0732. The largest absolute Gasteiger partial charge is 0.510 e. The lowest BCUT2D eigenvalue weighted by molar-refractivity contribution is 0.414. The first-order valence-electron chi connectivity index (χ1n) is 6.74. The number of allylic oxidation sites excluding steroid dienone is 1. The molecule has 22 heavy (non-hydrogen) atoms. The number of hydrogen-bond acceptors (Lipinski definition) is 4. The minimum Gasteiger partial charge on any atom is -0.510 e. The second kappa shape index (κ2) is 5.95. The molecule has 0 radical (unpaired) electrons. The Labute approximate surface area is 132 Å². The van der Waals surface area contributed by atoms with E-state index in [-0.39, 0.29) is 5.76 Å². The van der Waals surface area contributed by atoms with Crippen LogP contribution in [-0.4, -0.2) is 25.1 Å². The van der Waals surface area contributed by atoms with Gasteiger partial charge in [-0.05, 0) is 31.2 Å². The van der Waals surface area contributed by atoms with Gasteiger partial charge in [0.15, 0.2) is 0 Å². The molecular weight excluding hydrogens is 296 g/mol. The maximum atomic E-state index is 10.1. The Morgan fingerprint density at radius 3 is 2.50 bits per heavy atom. The molecule has 0 fully saturated rings. The maximum Gasteiger partial charge on any atom is 0.139 e. The lowest BCUT2D eigenvalue weighted by Gasteiger charge is -2.13.